The molecule has 1 amide bonds. The third-order valence-corrected chi connectivity index (χ3v) is 3.53. The van der Waals surface area contributed by atoms with Crippen LogP contribution in [0, 0.1) is 5.41 Å². The molecule has 2 N–H and O–H groups in total. The molecule has 17 heavy (non-hydrogen) atoms. The second-order valence-corrected chi connectivity index (χ2v) is 6.34. The lowest BCUT2D eigenvalue weighted by Gasteiger charge is -2.34. The largest absolute Gasteiger partial charge is 0.337 e. The minimum Gasteiger partial charge on any atom is -0.337 e. The van der Waals surface area contributed by atoms with Gasteiger partial charge < -0.3 is 15.5 Å². The van der Waals surface area contributed by atoms with Crippen LogP contribution in [-0.4, -0.2) is 54.5 Å². The van der Waals surface area contributed by atoms with Crippen LogP contribution in [0.3, 0.4) is 0 Å². The van der Waals surface area contributed by atoms with Crippen LogP contribution in [0.4, 0.5) is 0 Å². The zero-order valence-corrected chi connectivity index (χ0v) is 11.9. The lowest BCUT2D eigenvalue weighted by atomic mass is 9.86. The van der Waals surface area contributed by atoms with E-state index >= 15 is 0 Å². The van der Waals surface area contributed by atoms with Crippen molar-refractivity contribution in [2.45, 2.75) is 46.2 Å². The standard InChI is InChI=1S/C13H27N3O/c1-10-9-15(5)7-6-8-16(10)12(17)11(14)13(2,3)4/h10-11H,6-9,14H2,1-5H3/t10?,11-/m0/s1. The molecular formula is C13H27N3O. The van der Waals surface area contributed by atoms with E-state index in [1.54, 1.807) is 0 Å². The molecule has 0 aromatic carbocycles. The van der Waals surface area contributed by atoms with Gasteiger partial charge in [-0.25, -0.2) is 0 Å². The van der Waals surface area contributed by atoms with E-state index in [1.807, 2.05) is 25.7 Å². The average molecular weight is 241 g/mol. The Morgan fingerprint density at radius 2 is 1.94 bits per heavy atom. The molecule has 1 rings (SSSR count). The van der Waals surface area contributed by atoms with Gasteiger partial charge in [-0.3, -0.25) is 4.79 Å². The van der Waals surface area contributed by atoms with Gasteiger partial charge in [-0.1, -0.05) is 20.8 Å². The van der Waals surface area contributed by atoms with Crippen LogP contribution in [-0.2, 0) is 4.79 Å². The van der Waals surface area contributed by atoms with Gasteiger partial charge in [-0.05, 0) is 32.4 Å². The zero-order valence-electron chi connectivity index (χ0n) is 11.9. The summed E-state index contributed by atoms with van der Waals surface area (Å²) in [5.74, 6) is 0.0975. The molecule has 0 saturated carbocycles. The van der Waals surface area contributed by atoms with Crippen LogP contribution in [0.15, 0.2) is 0 Å². The lowest BCUT2D eigenvalue weighted by molar-refractivity contribution is -0.136. The Labute approximate surface area is 105 Å². The van der Waals surface area contributed by atoms with Crippen LogP contribution in [0.2, 0.25) is 0 Å². The fourth-order valence-electron chi connectivity index (χ4n) is 2.25. The average Bonchev–Trinajstić information content (AvgIpc) is 2.35. The first-order valence-electron chi connectivity index (χ1n) is 6.48. The molecule has 0 aromatic rings. The number of hydrogen-bond donors (Lipinski definition) is 1. The normalized spacial score (nSPS) is 25.5. The molecule has 0 aromatic heterocycles. The number of nitrogens with two attached hydrogens (primary N) is 1. The molecule has 4 heteroatoms. The number of likely N-dealkylation sites (N-methyl/N-ethyl adjacent to an activating group) is 1. The molecule has 4 nitrogen and oxygen atoms in total. The molecule has 1 saturated heterocycles. The molecule has 1 fully saturated rings. The number of nitrogens with zero attached hydrogens (tertiary/aromatic N) is 2. The summed E-state index contributed by atoms with van der Waals surface area (Å²) in [5, 5.41) is 0. The highest BCUT2D eigenvalue weighted by atomic mass is 16.2. The molecule has 0 radical (unpaired) electrons. The summed E-state index contributed by atoms with van der Waals surface area (Å²) >= 11 is 0. The highest BCUT2D eigenvalue weighted by molar-refractivity contribution is 5.82. The highest BCUT2D eigenvalue weighted by Crippen LogP contribution is 2.21. The number of amides is 1. The van der Waals surface area contributed by atoms with Crippen molar-refractivity contribution in [3.8, 4) is 0 Å². The smallest absolute Gasteiger partial charge is 0.240 e. The number of carbonyl (C=O) groups is 1. The van der Waals surface area contributed by atoms with Crippen molar-refractivity contribution in [2.75, 3.05) is 26.7 Å². The Kier molecular flexibility index (Phi) is 4.55. The topological polar surface area (TPSA) is 49.6 Å². The molecule has 0 bridgehead atoms. The van der Waals surface area contributed by atoms with Gasteiger partial charge in [0.15, 0.2) is 0 Å². The molecule has 0 spiro atoms. The third-order valence-electron chi connectivity index (χ3n) is 3.53. The van der Waals surface area contributed by atoms with Gasteiger partial charge in [-0.2, -0.15) is 0 Å². The van der Waals surface area contributed by atoms with Crippen LogP contribution in [0.1, 0.15) is 34.1 Å². The van der Waals surface area contributed by atoms with Gasteiger partial charge in [0.25, 0.3) is 0 Å². The lowest BCUT2D eigenvalue weighted by Crippen LogP contribution is -2.53. The predicted molar refractivity (Wildman–Crippen MR) is 70.7 cm³/mol. The van der Waals surface area contributed by atoms with E-state index in [9.17, 15) is 4.79 Å². The van der Waals surface area contributed by atoms with Gasteiger partial charge in [0.05, 0.1) is 6.04 Å². The van der Waals surface area contributed by atoms with E-state index in [2.05, 4.69) is 18.9 Å². The van der Waals surface area contributed by atoms with E-state index in [0.29, 0.717) is 0 Å². The monoisotopic (exact) mass is 241 g/mol. The van der Waals surface area contributed by atoms with Crippen LogP contribution < -0.4 is 5.73 Å². The summed E-state index contributed by atoms with van der Waals surface area (Å²) in [5.41, 5.74) is 5.90. The third kappa shape index (κ3) is 3.68. The maximum absolute atomic E-state index is 12.4. The Morgan fingerprint density at radius 1 is 1.35 bits per heavy atom. The molecule has 1 aliphatic heterocycles. The summed E-state index contributed by atoms with van der Waals surface area (Å²) in [4.78, 5) is 16.6. The van der Waals surface area contributed by atoms with Gasteiger partial charge >= 0.3 is 0 Å². The summed E-state index contributed by atoms with van der Waals surface area (Å²) in [6.45, 7) is 11.0. The molecule has 0 aliphatic carbocycles. The molecule has 2 atom stereocenters. The Bertz CT molecular complexity index is 272. The fourth-order valence-corrected chi connectivity index (χ4v) is 2.25. The Hall–Kier alpha value is -0.610. The fraction of sp³-hybridized carbons (Fsp3) is 0.923. The molecule has 100 valence electrons. The highest BCUT2D eigenvalue weighted by Gasteiger charge is 2.33. The van der Waals surface area contributed by atoms with Crippen molar-refractivity contribution in [2.24, 2.45) is 11.1 Å². The van der Waals surface area contributed by atoms with E-state index in [0.717, 1.165) is 26.1 Å². The molecular weight excluding hydrogens is 214 g/mol. The summed E-state index contributed by atoms with van der Waals surface area (Å²) in [6.07, 6.45) is 1.03. The maximum atomic E-state index is 12.4. The van der Waals surface area contributed by atoms with Gasteiger partial charge in [-0.15, -0.1) is 0 Å². The maximum Gasteiger partial charge on any atom is 0.240 e. The van der Waals surface area contributed by atoms with Crippen LogP contribution in [0.25, 0.3) is 0 Å². The van der Waals surface area contributed by atoms with Crippen molar-refractivity contribution in [1.29, 1.82) is 0 Å². The predicted octanol–water partition coefficient (Wildman–Crippen LogP) is 0.912. The quantitative estimate of drug-likeness (QED) is 0.742. The second kappa shape index (κ2) is 5.36. The van der Waals surface area contributed by atoms with Crippen molar-refractivity contribution in [1.82, 2.24) is 9.80 Å². The SMILES string of the molecule is CC1CN(C)CCCN1C(=O)[C@H](N)C(C)(C)C. The Morgan fingerprint density at radius 3 is 2.47 bits per heavy atom. The molecule has 1 aliphatic rings. The van der Waals surface area contributed by atoms with Crippen molar-refractivity contribution in [3.63, 3.8) is 0 Å². The number of hydrogen-bond acceptors (Lipinski definition) is 3. The molecule has 1 heterocycles. The molecule has 1 unspecified atom stereocenters. The summed E-state index contributed by atoms with van der Waals surface area (Å²) in [6, 6.07) is -0.156. The minimum atomic E-state index is -0.409. The van der Waals surface area contributed by atoms with Gasteiger partial charge in [0.1, 0.15) is 0 Å². The summed E-state index contributed by atoms with van der Waals surface area (Å²) < 4.78 is 0. The number of carbonyl (C=O) groups excluding carboxylic acids is 1. The second-order valence-electron chi connectivity index (χ2n) is 6.34. The minimum absolute atomic E-state index is 0.0975. The van der Waals surface area contributed by atoms with E-state index < -0.39 is 6.04 Å². The van der Waals surface area contributed by atoms with Crippen LogP contribution >= 0.6 is 0 Å². The van der Waals surface area contributed by atoms with E-state index in [-0.39, 0.29) is 17.4 Å². The Balaban J connectivity index is 2.74. The van der Waals surface area contributed by atoms with E-state index in [4.69, 9.17) is 5.73 Å². The first kappa shape index (κ1) is 14.5. The first-order chi connectivity index (χ1) is 7.73. The van der Waals surface area contributed by atoms with Gasteiger partial charge in [0.2, 0.25) is 5.91 Å². The number of rotatable bonds is 1. The first-order valence-corrected chi connectivity index (χ1v) is 6.48. The van der Waals surface area contributed by atoms with Crippen molar-refractivity contribution >= 4 is 5.91 Å². The summed E-state index contributed by atoms with van der Waals surface area (Å²) in [7, 11) is 2.11. The van der Waals surface area contributed by atoms with Crippen LogP contribution in [0.5, 0.6) is 0 Å². The zero-order chi connectivity index (χ0) is 13.2. The van der Waals surface area contributed by atoms with Crippen molar-refractivity contribution < 1.29 is 4.79 Å². The van der Waals surface area contributed by atoms with Gasteiger partial charge in [0, 0.05) is 19.1 Å². The van der Waals surface area contributed by atoms with E-state index in [1.165, 1.54) is 0 Å². The van der Waals surface area contributed by atoms with Crippen molar-refractivity contribution in [3.05, 3.63) is 0 Å².